The minimum Gasteiger partial charge on any atom is -0.306 e. The van der Waals surface area contributed by atoms with Crippen molar-refractivity contribution in [1.29, 1.82) is 0 Å². The molecular weight excluding hydrogens is 232 g/mol. The Bertz CT molecular complexity index is 227. The van der Waals surface area contributed by atoms with Crippen molar-refractivity contribution >= 4 is 12.4 Å². The average Bonchev–Trinajstić information content (AvgIpc) is 2.31. The van der Waals surface area contributed by atoms with E-state index < -0.39 is 0 Å². The average molecular weight is 257 g/mol. The van der Waals surface area contributed by atoms with Gasteiger partial charge in [-0.3, -0.25) is 0 Å². The topological polar surface area (TPSA) is 24.1 Å². The van der Waals surface area contributed by atoms with Crippen molar-refractivity contribution in [1.82, 2.24) is 10.6 Å². The highest BCUT2D eigenvalue weighted by atomic mass is 35.5. The summed E-state index contributed by atoms with van der Waals surface area (Å²) in [6, 6.07) is 0.235. The van der Waals surface area contributed by atoms with Crippen molar-refractivity contribution in [2.24, 2.45) is 0 Å². The molecular formula is C14H25ClN2. The number of nitrogens with one attached hydrogen (secondary N) is 2. The summed E-state index contributed by atoms with van der Waals surface area (Å²) in [5.41, 5.74) is 0. The van der Waals surface area contributed by atoms with Crippen molar-refractivity contribution in [2.45, 2.75) is 45.1 Å². The van der Waals surface area contributed by atoms with Crippen LogP contribution in [0.15, 0.2) is 0 Å². The Kier molecular flexibility index (Phi) is 16.9. The van der Waals surface area contributed by atoms with Crippen LogP contribution < -0.4 is 10.6 Å². The molecule has 1 atom stereocenters. The first-order valence-electron chi connectivity index (χ1n) is 6.18. The third kappa shape index (κ3) is 13.3. The van der Waals surface area contributed by atoms with Gasteiger partial charge in [-0.2, -0.15) is 0 Å². The minimum absolute atomic E-state index is 0. The highest BCUT2D eigenvalue weighted by Gasteiger charge is 2.02. The monoisotopic (exact) mass is 256 g/mol. The van der Waals surface area contributed by atoms with E-state index in [4.69, 9.17) is 12.8 Å². The summed E-state index contributed by atoms with van der Waals surface area (Å²) in [5, 5.41) is 6.55. The van der Waals surface area contributed by atoms with Crippen LogP contribution in [0.5, 0.6) is 0 Å². The molecule has 98 valence electrons. The molecule has 0 rings (SSSR count). The Hall–Kier alpha value is -0.670. The van der Waals surface area contributed by atoms with E-state index in [0.717, 1.165) is 32.4 Å². The molecule has 2 N–H and O–H groups in total. The summed E-state index contributed by atoms with van der Waals surface area (Å²) in [6.07, 6.45) is 16.3. The molecule has 0 aromatic carbocycles. The van der Waals surface area contributed by atoms with Crippen molar-refractivity contribution in [2.75, 3.05) is 19.6 Å². The number of terminal acetylenes is 2. The first-order valence-corrected chi connectivity index (χ1v) is 6.18. The second-order valence-corrected chi connectivity index (χ2v) is 3.90. The van der Waals surface area contributed by atoms with Crippen LogP contribution in [0.4, 0.5) is 0 Å². The lowest BCUT2D eigenvalue weighted by molar-refractivity contribution is 0.520. The van der Waals surface area contributed by atoms with E-state index in [1.54, 1.807) is 0 Å². The molecule has 0 heterocycles. The number of rotatable bonds is 10. The molecule has 0 bridgehead atoms. The summed E-state index contributed by atoms with van der Waals surface area (Å²) in [7, 11) is 0. The lowest BCUT2D eigenvalue weighted by Gasteiger charge is -2.12. The zero-order chi connectivity index (χ0) is 12.1. The lowest BCUT2D eigenvalue weighted by Crippen LogP contribution is -2.28. The molecule has 17 heavy (non-hydrogen) atoms. The van der Waals surface area contributed by atoms with E-state index in [9.17, 15) is 0 Å². The molecule has 0 aromatic rings. The largest absolute Gasteiger partial charge is 0.306 e. The summed E-state index contributed by atoms with van der Waals surface area (Å²) >= 11 is 0. The van der Waals surface area contributed by atoms with E-state index in [2.05, 4.69) is 29.4 Å². The molecule has 3 heteroatoms. The second-order valence-electron chi connectivity index (χ2n) is 3.90. The highest BCUT2D eigenvalue weighted by Crippen LogP contribution is 2.00. The predicted octanol–water partition coefficient (Wildman–Crippen LogP) is 2.19. The number of halogens is 1. The third-order valence-corrected chi connectivity index (χ3v) is 2.45. The van der Waals surface area contributed by atoms with Crippen LogP contribution in [0.25, 0.3) is 0 Å². The Balaban J connectivity index is 0. The quantitative estimate of drug-likeness (QED) is 0.463. The van der Waals surface area contributed by atoms with Crippen LogP contribution in [0.3, 0.4) is 0 Å². The fraction of sp³-hybridized carbons (Fsp3) is 0.714. The maximum atomic E-state index is 5.46. The van der Waals surface area contributed by atoms with Gasteiger partial charge in [0.15, 0.2) is 0 Å². The summed E-state index contributed by atoms with van der Waals surface area (Å²) < 4.78 is 0. The maximum absolute atomic E-state index is 5.46. The molecule has 0 spiro atoms. The fourth-order valence-corrected chi connectivity index (χ4v) is 1.46. The molecule has 0 saturated heterocycles. The Morgan fingerprint density at radius 2 is 1.88 bits per heavy atom. The molecule has 1 unspecified atom stereocenters. The van der Waals surface area contributed by atoms with Crippen molar-refractivity contribution in [3.63, 3.8) is 0 Å². The van der Waals surface area contributed by atoms with Gasteiger partial charge in [0.25, 0.3) is 0 Å². The summed E-state index contributed by atoms with van der Waals surface area (Å²) in [5.74, 6) is 5.36. The van der Waals surface area contributed by atoms with Gasteiger partial charge in [-0.15, -0.1) is 25.3 Å². The molecule has 2 nitrogen and oxygen atoms in total. The maximum Gasteiger partial charge on any atom is 0.0686 e. The van der Waals surface area contributed by atoms with Crippen molar-refractivity contribution < 1.29 is 0 Å². The van der Waals surface area contributed by atoms with Crippen molar-refractivity contribution in [3.8, 4) is 24.7 Å². The molecule has 0 fully saturated rings. The predicted molar refractivity (Wildman–Crippen MR) is 78.3 cm³/mol. The van der Waals surface area contributed by atoms with E-state index in [1.807, 2.05) is 0 Å². The zero-order valence-corrected chi connectivity index (χ0v) is 11.6. The second kappa shape index (κ2) is 15.3. The summed E-state index contributed by atoms with van der Waals surface area (Å²) in [4.78, 5) is 0. The molecule has 0 aromatic heterocycles. The van der Waals surface area contributed by atoms with Crippen molar-refractivity contribution in [3.05, 3.63) is 0 Å². The van der Waals surface area contributed by atoms with E-state index >= 15 is 0 Å². The van der Waals surface area contributed by atoms with Crippen LogP contribution in [0, 0.1) is 24.7 Å². The fourth-order valence-electron chi connectivity index (χ4n) is 1.46. The molecule has 0 saturated carbocycles. The van der Waals surface area contributed by atoms with Gasteiger partial charge in [0.2, 0.25) is 0 Å². The van der Waals surface area contributed by atoms with E-state index in [1.165, 1.54) is 12.8 Å². The SMILES string of the molecule is C#CCNCCCCC(C#C)NCCCC.Cl. The summed E-state index contributed by atoms with van der Waals surface area (Å²) in [6.45, 7) is 4.86. The van der Waals surface area contributed by atoms with Crippen LogP contribution in [-0.2, 0) is 0 Å². The van der Waals surface area contributed by atoms with Crippen LogP contribution in [0.2, 0.25) is 0 Å². The molecule has 0 radical (unpaired) electrons. The molecule has 0 aliphatic rings. The Labute approximate surface area is 113 Å². The molecule has 0 aliphatic carbocycles. The first-order chi connectivity index (χ1) is 7.85. The van der Waals surface area contributed by atoms with Gasteiger partial charge in [-0.05, 0) is 38.8 Å². The standard InChI is InChI=1S/C14H24N2.ClH/c1-4-7-13-16-14(6-3)10-8-9-12-15-11-5-2;/h2-3,14-16H,4,7-13H2,1H3;1H. The molecule has 0 aliphatic heterocycles. The van der Waals surface area contributed by atoms with Gasteiger partial charge in [0.05, 0.1) is 12.6 Å². The van der Waals surface area contributed by atoms with Gasteiger partial charge < -0.3 is 10.6 Å². The van der Waals surface area contributed by atoms with Crippen LogP contribution >= 0.6 is 12.4 Å². The first kappa shape index (κ1) is 18.7. The number of unbranched alkanes of at least 4 members (excludes halogenated alkanes) is 2. The Morgan fingerprint density at radius 1 is 1.12 bits per heavy atom. The number of hydrogen-bond donors (Lipinski definition) is 2. The van der Waals surface area contributed by atoms with E-state index in [0.29, 0.717) is 6.54 Å². The zero-order valence-electron chi connectivity index (χ0n) is 10.8. The third-order valence-electron chi connectivity index (χ3n) is 2.45. The van der Waals surface area contributed by atoms with Gasteiger partial charge in [-0.25, -0.2) is 0 Å². The molecule has 0 amide bonds. The highest BCUT2D eigenvalue weighted by molar-refractivity contribution is 5.85. The van der Waals surface area contributed by atoms with Gasteiger partial charge in [0, 0.05) is 0 Å². The normalized spacial score (nSPS) is 11.0. The smallest absolute Gasteiger partial charge is 0.0686 e. The van der Waals surface area contributed by atoms with Gasteiger partial charge in [0.1, 0.15) is 0 Å². The Morgan fingerprint density at radius 3 is 2.47 bits per heavy atom. The van der Waals surface area contributed by atoms with Crippen LogP contribution in [0.1, 0.15) is 39.0 Å². The van der Waals surface area contributed by atoms with Crippen LogP contribution in [-0.4, -0.2) is 25.7 Å². The van der Waals surface area contributed by atoms with E-state index in [-0.39, 0.29) is 18.4 Å². The minimum atomic E-state index is 0. The number of hydrogen-bond acceptors (Lipinski definition) is 2. The lowest BCUT2D eigenvalue weighted by atomic mass is 10.1. The van der Waals surface area contributed by atoms with Gasteiger partial charge in [-0.1, -0.05) is 25.2 Å². The van der Waals surface area contributed by atoms with Gasteiger partial charge >= 0.3 is 0 Å².